The van der Waals surface area contributed by atoms with E-state index in [1.165, 1.54) is 0 Å². The molecule has 1 amide bonds. The summed E-state index contributed by atoms with van der Waals surface area (Å²) in [4.78, 5) is 12.8. The lowest BCUT2D eigenvalue weighted by atomic mass is 10.1. The fourth-order valence-corrected chi connectivity index (χ4v) is 4.15. The zero-order chi connectivity index (χ0) is 21.1. The number of nitrogens with zero attached hydrogens (tertiary/aromatic N) is 1. The molecule has 1 N–H and O–H groups in total. The number of methoxy groups -OCH3 is 1. The van der Waals surface area contributed by atoms with Crippen molar-refractivity contribution < 1.29 is 17.9 Å². The first-order chi connectivity index (χ1) is 13.0. The average molecular weight is 405 g/mol. The van der Waals surface area contributed by atoms with Crippen molar-refractivity contribution in [2.75, 3.05) is 17.7 Å². The molecular formula is C21H28N2O4S. The molecule has 0 aliphatic carbocycles. The Morgan fingerprint density at radius 1 is 1.04 bits per heavy atom. The fraction of sp³-hybridized carbons (Fsp3) is 0.381. The highest BCUT2D eigenvalue weighted by molar-refractivity contribution is 7.92. The summed E-state index contributed by atoms with van der Waals surface area (Å²) in [6, 6.07) is 11.6. The summed E-state index contributed by atoms with van der Waals surface area (Å²) in [6.45, 7) is 7.31. The monoisotopic (exact) mass is 404 g/mol. The van der Waals surface area contributed by atoms with Gasteiger partial charge < -0.3 is 10.1 Å². The van der Waals surface area contributed by atoms with Gasteiger partial charge in [0.25, 0.3) is 0 Å². The maximum atomic E-state index is 12.8. The Labute approximate surface area is 167 Å². The molecule has 0 spiro atoms. The molecule has 6 nitrogen and oxygen atoms in total. The third-order valence-corrected chi connectivity index (χ3v) is 6.05. The molecule has 0 heterocycles. The SMILES string of the molecule is COc1ccc([C@H](C)NC(=O)[C@@H](C)N(c2ccc(C)c(C)c2)S(C)(=O)=O)cc1. The molecule has 2 aromatic rings. The third kappa shape index (κ3) is 5.04. The van der Waals surface area contributed by atoms with Crippen LogP contribution in [0, 0.1) is 13.8 Å². The van der Waals surface area contributed by atoms with Crippen molar-refractivity contribution in [2.24, 2.45) is 0 Å². The van der Waals surface area contributed by atoms with Crippen molar-refractivity contribution in [1.29, 1.82) is 0 Å². The molecule has 0 unspecified atom stereocenters. The lowest BCUT2D eigenvalue weighted by Gasteiger charge is -2.29. The smallest absolute Gasteiger partial charge is 0.244 e. The van der Waals surface area contributed by atoms with Gasteiger partial charge in [-0.05, 0) is 68.7 Å². The third-order valence-electron chi connectivity index (χ3n) is 4.81. The van der Waals surface area contributed by atoms with Crippen LogP contribution in [0.5, 0.6) is 5.75 Å². The number of amides is 1. The van der Waals surface area contributed by atoms with Crippen molar-refractivity contribution >= 4 is 21.6 Å². The van der Waals surface area contributed by atoms with E-state index in [0.717, 1.165) is 33.0 Å². The number of benzene rings is 2. The Balaban J connectivity index is 2.24. The van der Waals surface area contributed by atoms with Gasteiger partial charge in [-0.25, -0.2) is 8.42 Å². The molecule has 0 aromatic heterocycles. The van der Waals surface area contributed by atoms with Crippen molar-refractivity contribution in [3.05, 3.63) is 59.2 Å². The number of nitrogens with one attached hydrogen (secondary N) is 1. The maximum absolute atomic E-state index is 12.8. The minimum atomic E-state index is -3.65. The number of rotatable bonds is 7. The molecule has 0 saturated carbocycles. The van der Waals surface area contributed by atoms with E-state index in [-0.39, 0.29) is 11.9 Å². The molecule has 152 valence electrons. The second-order valence-electron chi connectivity index (χ2n) is 7.01. The van der Waals surface area contributed by atoms with Crippen LogP contribution in [0.3, 0.4) is 0 Å². The topological polar surface area (TPSA) is 75.7 Å². The van der Waals surface area contributed by atoms with Crippen LogP contribution >= 0.6 is 0 Å². The fourth-order valence-electron chi connectivity index (χ4n) is 2.98. The molecule has 0 saturated heterocycles. The zero-order valence-corrected chi connectivity index (χ0v) is 18.0. The number of hydrogen-bond acceptors (Lipinski definition) is 4. The molecule has 2 rings (SSSR count). The van der Waals surface area contributed by atoms with Gasteiger partial charge >= 0.3 is 0 Å². The van der Waals surface area contributed by atoms with E-state index in [1.807, 2.05) is 51.1 Å². The molecule has 7 heteroatoms. The van der Waals surface area contributed by atoms with Crippen LogP contribution in [0.4, 0.5) is 5.69 Å². The van der Waals surface area contributed by atoms with Crippen molar-refractivity contribution in [3.8, 4) is 5.75 Å². The van der Waals surface area contributed by atoms with E-state index in [0.29, 0.717) is 5.69 Å². The highest BCUT2D eigenvalue weighted by Crippen LogP contribution is 2.24. The lowest BCUT2D eigenvalue weighted by molar-refractivity contribution is -0.122. The number of carbonyl (C=O) groups is 1. The Morgan fingerprint density at radius 2 is 1.64 bits per heavy atom. The van der Waals surface area contributed by atoms with Crippen LogP contribution in [0.2, 0.25) is 0 Å². The van der Waals surface area contributed by atoms with Gasteiger partial charge in [0.05, 0.1) is 25.1 Å². The average Bonchev–Trinajstić information content (AvgIpc) is 2.63. The molecule has 2 aromatic carbocycles. The second-order valence-corrected chi connectivity index (χ2v) is 8.87. The van der Waals surface area contributed by atoms with Gasteiger partial charge in [0.2, 0.25) is 15.9 Å². The van der Waals surface area contributed by atoms with Gasteiger partial charge in [-0.2, -0.15) is 0 Å². The minimum absolute atomic E-state index is 0.276. The zero-order valence-electron chi connectivity index (χ0n) is 17.2. The van der Waals surface area contributed by atoms with Crippen molar-refractivity contribution in [1.82, 2.24) is 5.32 Å². The Morgan fingerprint density at radius 3 is 2.14 bits per heavy atom. The van der Waals surface area contributed by atoms with E-state index >= 15 is 0 Å². The summed E-state index contributed by atoms with van der Waals surface area (Å²) >= 11 is 0. The van der Waals surface area contributed by atoms with Gasteiger partial charge in [-0.1, -0.05) is 18.2 Å². The first kappa shape index (κ1) is 21.8. The summed E-state index contributed by atoms with van der Waals surface area (Å²) in [5.41, 5.74) is 3.40. The Kier molecular flexibility index (Phi) is 6.72. The van der Waals surface area contributed by atoms with Gasteiger partial charge in [0.1, 0.15) is 11.8 Å². The minimum Gasteiger partial charge on any atom is -0.497 e. The summed E-state index contributed by atoms with van der Waals surface area (Å²) in [5, 5.41) is 2.90. The number of carbonyl (C=O) groups excluding carboxylic acids is 1. The highest BCUT2D eigenvalue weighted by Gasteiger charge is 2.30. The molecule has 0 bridgehead atoms. The summed E-state index contributed by atoms with van der Waals surface area (Å²) in [7, 11) is -2.05. The number of ether oxygens (including phenoxy) is 1. The summed E-state index contributed by atoms with van der Waals surface area (Å²) < 4.78 is 31.2. The van der Waals surface area contributed by atoms with Crippen LogP contribution in [-0.2, 0) is 14.8 Å². The molecule has 0 aliphatic heterocycles. The predicted octanol–water partition coefficient (Wildman–Crippen LogP) is 3.34. The largest absolute Gasteiger partial charge is 0.497 e. The van der Waals surface area contributed by atoms with E-state index in [9.17, 15) is 13.2 Å². The lowest BCUT2D eigenvalue weighted by Crippen LogP contribution is -2.48. The highest BCUT2D eigenvalue weighted by atomic mass is 32.2. The molecule has 2 atom stereocenters. The Bertz CT molecular complexity index is 939. The first-order valence-electron chi connectivity index (χ1n) is 9.05. The Hall–Kier alpha value is -2.54. The van der Waals surface area contributed by atoms with Crippen LogP contribution in [0.15, 0.2) is 42.5 Å². The number of aryl methyl sites for hydroxylation is 2. The number of sulfonamides is 1. The van der Waals surface area contributed by atoms with E-state index < -0.39 is 16.1 Å². The van der Waals surface area contributed by atoms with Crippen LogP contribution < -0.4 is 14.4 Å². The van der Waals surface area contributed by atoms with Gasteiger partial charge in [-0.15, -0.1) is 0 Å². The quantitative estimate of drug-likeness (QED) is 0.768. The number of anilines is 1. The van der Waals surface area contributed by atoms with E-state index in [2.05, 4.69) is 5.32 Å². The first-order valence-corrected chi connectivity index (χ1v) is 10.9. The maximum Gasteiger partial charge on any atom is 0.244 e. The van der Waals surface area contributed by atoms with E-state index in [1.54, 1.807) is 26.2 Å². The molecule has 28 heavy (non-hydrogen) atoms. The number of hydrogen-bond donors (Lipinski definition) is 1. The van der Waals surface area contributed by atoms with Crippen molar-refractivity contribution in [3.63, 3.8) is 0 Å². The van der Waals surface area contributed by atoms with Crippen LogP contribution in [-0.4, -0.2) is 33.7 Å². The molecule has 0 fully saturated rings. The van der Waals surface area contributed by atoms with Crippen LogP contribution in [0.25, 0.3) is 0 Å². The molecular weight excluding hydrogens is 376 g/mol. The van der Waals surface area contributed by atoms with Crippen molar-refractivity contribution in [2.45, 2.75) is 39.8 Å². The standard InChI is InChI=1S/C21H28N2O4S/c1-14-7-10-19(13-15(14)2)23(28(6,25)26)17(4)21(24)22-16(3)18-8-11-20(27-5)12-9-18/h7-13,16-17H,1-6H3,(H,22,24)/t16-,17+/m0/s1. The molecule has 0 aliphatic rings. The van der Waals surface area contributed by atoms with Gasteiger partial charge in [0, 0.05) is 0 Å². The normalized spacial score (nSPS) is 13.5. The molecule has 0 radical (unpaired) electrons. The summed E-state index contributed by atoms with van der Waals surface area (Å²) in [5.74, 6) is 0.362. The van der Waals surface area contributed by atoms with Gasteiger partial charge in [0.15, 0.2) is 0 Å². The second kappa shape index (κ2) is 8.65. The predicted molar refractivity (Wildman–Crippen MR) is 112 cm³/mol. The van der Waals surface area contributed by atoms with Crippen LogP contribution in [0.1, 0.15) is 36.6 Å². The van der Waals surface area contributed by atoms with E-state index in [4.69, 9.17) is 4.74 Å². The summed E-state index contributed by atoms with van der Waals surface area (Å²) in [6.07, 6.45) is 1.11. The van der Waals surface area contributed by atoms with Gasteiger partial charge in [-0.3, -0.25) is 9.10 Å².